The van der Waals surface area contributed by atoms with Gasteiger partial charge in [-0.3, -0.25) is 4.79 Å². The van der Waals surface area contributed by atoms with Gasteiger partial charge in [0, 0.05) is 0 Å². The normalized spacial score (nSPS) is 23.8. The Balaban J connectivity index is 2.53. The number of aliphatic carboxylic acids is 1. The Hall–Kier alpha value is -1.10. The Morgan fingerprint density at radius 1 is 1.56 bits per heavy atom. The number of hydrogen-bond donors (Lipinski definition) is 3. The van der Waals surface area contributed by atoms with Crippen LogP contribution in [0.25, 0.3) is 0 Å². The highest BCUT2D eigenvalue weighted by molar-refractivity contribution is 5.87. The molecule has 1 aliphatic rings. The highest BCUT2D eigenvalue weighted by atomic mass is 16.4. The molecule has 0 saturated carbocycles. The lowest BCUT2D eigenvalue weighted by Crippen LogP contribution is -2.50. The van der Waals surface area contributed by atoms with E-state index in [2.05, 4.69) is 10.6 Å². The van der Waals surface area contributed by atoms with Crippen LogP contribution in [0.2, 0.25) is 0 Å². The van der Waals surface area contributed by atoms with Crippen LogP contribution < -0.4 is 10.6 Å². The minimum absolute atomic E-state index is 0.0529. The van der Waals surface area contributed by atoms with Crippen molar-refractivity contribution < 1.29 is 14.7 Å². The Morgan fingerprint density at radius 2 is 2.25 bits per heavy atom. The Labute approximate surface area is 95.6 Å². The van der Waals surface area contributed by atoms with Gasteiger partial charge in [-0.2, -0.15) is 0 Å². The van der Waals surface area contributed by atoms with E-state index in [0.717, 1.165) is 25.8 Å². The molecule has 3 atom stereocenters. The maximum Gasteiger partial charge on any atom is 0.326 e. The molecule has 1 heterocycles. The summed E-state index contributed by atoms with van der Waals surface area (Å²) in [6, 6.07) is -0.995. The van der Waals surface area contributed by atoms with Gasteiger partial charge in [0.1, 0.15) is 6.04 Å². The van der Waals surface area contributed by atoms with Gasteiger partial charge in [-0.25, -0.2) is 4.79 Å². The van der Waals surface area contributed by atoms with Crippen molar-refractivity contribution in [3.8, 4) is 0 Å². The van der Waals surface area contributed by atoms with Crippen LogP contribution in [0.4, 0.5) is 0 Å². The molecule has 0 aromatic heterocycles. The van der Waals surface area contributed by atoms with E-state index in [9.17, 15) is 9.59 Å². The lowest BCUT2D eigenvalue weighted by atomic mass is 9.99. The molecule has 1 amide bonds. The molecule has 0 spiro atoms. The number of hydrogen-bond acceptors (Lipinski definition) is 3. The van der Waals surface area contributed by atoms with Crippen molar-refractivity contribution >= 4 is 11.9 Å². The van der Waals surface area contributed by atoms with Gasteiger partial charge < -0.3 is 15.7 Å². The fourth-order valence-corrected chi connectivity index (χ4v) is 1.85. The zero-order chi connectivity index (χ0) is 12.1. The number of carboxylic acid groups (broad SMARTS) is 1. The van der Waals surface area contributed by atoms with Crippen LogP contribution >= 0.6 is 0 Å². The third-order valence-corrected chi connectivity index (χ3v) is 3.15. The fourth-order valence-electron chi connectivity index (χ4n) is 1.85. The molecule has 1 rings (SSSR count). The first-order chi connectivity index (χ1) is 7.56. The molecular formula is C11H20N2O3. The minimum Gasteiger partial charge on any atom is -0.480 e. The summed E-state index contributed by atoms with van der Waals surface area (Å²) in [5.74, 6) is -1.20. The Bertz CT molecular complexity index is 262. The first-order valence-electron chi connectivity index (χ1n) is 5.82. The zero-order valence-electron chi connectivity index (χ0n) is 9.82. The van der Waals surface area contributed by atoms with Gasteiger partial charge in [0.15, 0.2) is 0 Å². The Morgan fingerprint density at radius 3 is 2.69 bits per heavy atom. The summed E-state index contributed by atoms with van der Waals surface area (Å²) in [5.41, 5.74) is 0. The second kappa shape index (κ2) is 5.84. The lowest BCUT2D eigenvalue weighted by Gasteiger charge is -2.22. The summed E-state index contributed by atoms with van der Waals surface area (Å²) >= 11 is 0. The molecule has 0 aromatic carbocycles. The van der Waals surface area contributed by atoms with Crippen LogP contribution in [0, 0.1) is 5.92 Å². The second-order valence-corrected chi connectivity index (χ2v) is 4.36. The predicted molar refractivity (Wildman–Crippen MR) is 60.0 cm³/mol. The molecule has 0 bridgehead atoms. The van der Waals surface area contributed by atoms with Crippen LogP contribution in [-0.4, -0.2) is 35.6 Å². The molecule has 0 aromatic rings. The minimum atomic E-state index is -0.958. The average Bonchev–Trinajstić information content (AvgIpc) is 2.77. The van der Waals surface area contributed by atoms with Crippen LogP contribution in [-0.2, 0) is 9.59 Å². The van der Waals surface area contributed by atoms with Crippen molar-refractivity contribution in [3.05, 3.63) is 0 Å². The quantitative estimate of drug-likeness (QED) is 0.634. The number of carbonyl (C=O) groups is 2. The summed E-state index contributed by atoms with van der Waals surface area (Å²) in [7, 11) is 0. The van der Waals surface area contributed by atoms with Crippen molar-refractivity contribution in [2.45, 2.75) is 45.2 Å². The van der Waals surface area contributed by atoms with Crippen molar-refractivity contribution in [3.63, 3.8) is 0 Å². The summed E-state index contributed by atoms with van der Waals surface area (Å²) in [6.07, 6.45) is 2.49. The zero-order valence-corrected chi connectivity index (χ0v) is 9.82. The van der Waals surface area contributed by atoms with E-state index in [1.54, 1.807) is 0 Å². The van der Waals surface area contributed by atoms with Crippen LogP contribution in [0.3, 0.4) is 0 Å². The van der Waals surface area contributed by atoms with E-state index < -0.39 is 12.0 Å². The molecule has 1 aliphatic heterocycles. The predicted octanol–water partition coefficient (Wildman–Crippen LogP) is 0.354. The molecule has 3 N–H and O–H groups in total. The molecule has 1 fully saturated rings. The maximum absolute atomic E-state index is 11.7. The summed E-state index contributed by atoms with van der Waals surface area (Å²) in [4.78, 5) is 22.8. The van der Waals surface area contributed by atoms with E-state index in [0.29, 0.717) is 0 Å². The maximum atomic E-state index is 11.7. The number of amides is 1. The third-order valence-electron chi connectivity index (χ3n) is 3.15. The molecular weight excluding hydrogens is 208 g/mol. The largest absolute Gasteiger partial charge is 0.480 e. The van der Waals surface area contributed by atoms with Gasteiger partial charge in [-0.1, -0.05) is 20.3 Å². The molecule has 1 unspecified atom stereocenters. The average molecular weight is 228 g/mol. The molecule has 1 saturated heterocycles. The number of carboxylic acids is 1. The van der Waals surface area contributed by atoms with E-state index >= 15 is 0 Å². The number of rotatable bonds is 5. The van der Waals surface area contributed by atoms with Gasteiger partial charge in [-0.15, -0.1) is 0 Å². The first kappa shape index (κ1) is 13.0. The first-order valence-corrected chi connectivity index (χ1v) is 5.82. The van der Waals surface area contributed by atoms with Crippen molar-refractivity contribution in [1.29, 1.82) is 0 Å². The summed E-state index contributed by atoms with van der Waals surface area (Å²) in [6.45, 7) is 4.58. The van der Waals surface area contributed by atoms with Crippen molar-refractivity contribution in [2.75, 3.05) is 6.54 Å². The second-order valence-electron chi connectivity index (χ2n) is 4.36. The van der Waals surface area contributed by atoms with E-state index in [1.165, 1.54) is 0 Å². The Kier molecular flexibility index (Phi) is 4.73. The smallest absolute Gasteiger partial charge is 0.326 e. The molecule has 5 nitrogen and oxygen atoms in total. The molecule has 5 heteroatoms. The fraction of sp³-hybridized carbons (Fsp3) is 0.818. The SMILES string of the molecule is CC[C@H](C)C(NC(=O)[C@@H]1CCCN1)C(=O)O. The molecule has 92 valence electrons. The van der Waals surface area contributed by atoms with Gasteiger partial charge in [0.25, 0.3) is 0 Å². The van der Waals surface area contributed by atoms with Gasteiger partial charge in [-0.05, 0) is 25.3 Å². The topological polar surface area (TPSA) is 78.4 Å². The highest BCUT2D eigenvalue weighted by Gasteiger charge is 2.29. The monoisotopic (exact) mass is 228 g/mol. The third kappa shape index (κ3) is 3.20. The van der Waals surface area contributed by atoms with Gasteiger partial charge in [0.2, 0.25) is 5.91 Å². The summed E-state index contributed by atoms with van der Waals surface area (Å²) < 4.78 is 0. The van der Waals surface area contributed by atoms with Crippen LogP contribution in [0.1, 0.15) is 33.1 Å². The molecule has 16 heavy (non-hydrogen) atoms. The van der Waals surface area contributed by atoms with Crippen LogP contribution in [0.15, 0.2) is 0 Å². The standard InChI is InChI=1S/C11H20N2O3/c1-3-7(2)9(11(15)16)13-10(14)8-5-4-6-12-8/h7-9,12H,3-6H2,1-2H3,(H,13,14)(H,15,16)/t7-,8-,9?/m0/s1. The molecule has 0 aliphatic carbocycles. The van der Waals surface area contributed by atoms with E-state index in [4.69, 9.17) is 5.11 Å². The number of carbonyl (C=O) groups excluding carboxylic acids is 1. The van der Waals surface area contributed by atoms with Gasteiger partial charge >= 0.3 is 5.97 Å². The van der Waals surface area contributed by atoms with Crippen molar-refractivity contribution in [2.24, 2.45) is 5.92 Å². The summed E-state index contributed by atoms with van der Waals surface area (Å²) in [5, 5.41) is 14.7. The van der Waals surface area contributed by atoms with Crippen molar-refractivity contribution in [1.82, 2.24) is 10.6 Å². The lowest BCUT2D eigenvalue weighted by molar-refractivity contribution is -0.143. The highest BCUT2D eigenvalue weighted by Crippen LogP contribution is 2.10. The van der Waals surface area contributed by atoms with E-state index in [1.807, 2.05) is 13.8 Å². The number of nitrogens with one attached hydrogen (secondary N) is 2. The molecule has 0 radical (unpaired) electrons. The van der Waals surface area contributed by atoms with Gasteiger partial charge in [0.05, 0.1) is 6.04 Å². The van der Waals surface area contributed by atoms with Crippen LogP contribution in [0.5, 0.6) is 0 Å². The van der Waals surface area contributed by atoms with E-state index in [-0.39, 0.29) is 17.9 Å².